The molecule has 0 bridgehead atoms. The number of nitrogens with two attached hydrogens (primary N) is 1. The molecule has 0 atom stereocenters. The Morgan fingerprint density at radius 3 is 2.86 bits per heavy atom. The Morgan fingerprint density at radius 1 is 1.50 bits per heavy atom. The molecule has 0 spiro atoms. The first-order valence-corrected chi connectivity index (χ1v) is 5.18. The molecule has 5 heteroatoms. The summed E-state index contributed by atoms with van der Waals surface area (Å²) in [4.78, 5) is 4.27. The fourth-order valence-electron chi connectivity index (χ4n) is 1.24. The molecule has 0 radical (unpaired) electrons. The van der Waals surface area contributed by atoms with Crippen molar-refractivity contribution in [2.24, 2.45) is 0 Å². The second kappa shape index (κ2) is 3.24. The van der Waals surface area contributed by atoms with E-state index >= 15 is 0 Å². The van der Waals surface area contributed by atoms with Gasteiger partial charge >= 0.3 is 0 Å². The van der Waals surface area contributed by atoms with Gasteiger partial charge in [-0.3, -0.25) is 0 Å². The van der Waals surface area contributed by atoms with E-state index < -0.39 is 0 Å². The fraction of sp³-hybridized carbons (Fsp3) is 0.333. The molecule has 0 aliphatic rings. The van der Waals surface area contributed by atoms with E-state index in [1.165, 1.54) is 0 Å². The Balaban J connectivity index is 2.67. The van der Waals surface area contributed by atoms with Gasteiger partial charge in [0.25, 0.3) is 0 Å². The van der Waals surface area contributed by atoms with Crippen molar-refractivity contribution in [1.82, 2.24) is 14.6 Å². The van der Waals surface area contributed by atoms with E-state index in [2.05, 4.69) is 39.9 Å². The summed E-state index contributed by atoms with van der Waals surface area (Å²) < 4.78 is 2.35. The van der Waals surface area contributed by atoms with Crippen LogP contribution in [0.15, 0.2) is 17.0 Å². The van der Waals surface area contributed by atoms with Crippen molar-refractivity contribution < 1.29 is 0 Å². The molecule has 74 valence electrons. The third-order valence-corrected chi connectivity index (χ3v) is 2.74. The third kappa shape index (κ3) is 1.37. The first-order valence-electron chi connectivity index (χ1n) is 4.39. The maximum atomic E-state index is 5.77. The van der Waals surface area contributed by atoms with E-state index in [9.17, 15) is 0 Å². The monoisotopic (exact) mass is 254 g/mol. The van der Waals surface area contributed by atoms with Crippen LogP contribution in [-0.4, -0.2) is 14.6 Å². The van der Waals surface area contributed by atoms with Gasteiger partial charge in [-0.25, -0.2) is 9.50 Å². The van der Waals surface area contributed by atoms with Crippen molar-refractivity contribution in [3.8, 4) is 0 Å². The van der Waals surface area contributed by atoms with Crippen LogP contribution in [0.4, 0.5) is 5.69 Å². The highest BCUT2D eigenvalue weighted by molar-refractivity contribution is 9.10. The van der Waals surface area contributed by atoms with Crippen molar-refractivity contribution in [2.75, 3.05) is 5.73 Å². The molecule has 14 heavy (non-hydrogen) atoms. The maximum absolute atomic E-state index is 5.77. The molecule has 4 nitrogen and oxygen atoms in total. The van der Waals surface area contributed by atoms with Gasteiger partial charge in [-0.05, 0) is 27.4 Å². The quantitative estimate of drug-likeness (QED) is 0.849. The van der Waals surface area contributed by atoms with Crippen LogP contribution in [-0.2, 0) is 0 Å². The van der Waals surface area contributed by atoms with Gasteiger partial charge < -0.3 is 5.73 Å². The minimum absolute atomic E-state index is 0.441. The Bertz CT molecular complexity index is 475. The first-order chi connectivity index (χ1) is 6.59. The number of hydrogen-bond donors (Lipinski definition) is 1. The number of nitrogens with zero attached hydrogens (tertiary/aromatic N) is 3. The molecule has 0 saturated heterocycles. The zero-order valence-electron chi connectivity index (χ0n) is 8.03. The van der Waals surface area contributed by atoms with Crippen LogP contribution in [0.3, 0.4) is 0 Å². The van der Waals surface area contributed by atoms with Gasteiger partial charge in [0.1, 0.15) is 5.69 Å². The highest BCUT2D eigenvalue weighted by Gasteiger charge is 2.09. The number of anilines is 1. The summed E-state index contributed by atoms with van der Waals surface area (Å²) in [5.74, 6) is 0.441. The van der Waals surface area contributed by atoms with E-state index in [-0.39, 0.29) is 0 Å². The predicted molar refractivity (Wildman–Crippen MR) is 59.2 cm³/mol. The molecule has 0 saturated carbocycles. The lowest BCUT2D eigenvalue weighted by molar-refractivity contribution is 0.819. The maximum Gasteiger partial charge on any atom is 0.179 e. The molecule has 2 aromatic rings. The van der Waals surface area contributed by atoms with E-state index in [0.29, 0.717) is 21.9 Å². The molecular weight excluding hydrogens is 244 g/mol. The second-order valence-corrected chi connectivity index (χ2v) is 4.27. The fourth-order valence-corrected chi connectivity index (χ4v) is 1.59. The highest BCUT2D eigenvalue weighted by Crippen LogP contribution is 2.23. The Labute approximate surface area is 90.3 Å². The number of hydrogen-bond acceptors (Lipinski definition) is 3. The van der Waals surface area contributed by atoms with Crippen molar-refractivity contribution in [1.29, 1.82) is 0 Å². The second-order valence-electron chi connectivity index (χ2n) is 3.51. The minimum atomic E-state index is 0.441. The average molecular weight is 255 g/mol. The molecule has 0 fully saturated rings. The lowest BCUT2D eigenvalue weighted by atomic mass is 10.1. The molecule has 0 aromatic carbocycles. The van der Waals surface area contributed by atoms with Gasteiger partial charge in [-0.1, -0.05) is 13.8 Å². The zero-order valence-corrected chi connectivity index (χ0v) is 9.62. The molecule has 0 amide bonds. The summed E-state index contributed by atoms with van der Waals surface area (Å²) in [5.41, 5.74) is 8.20. The van der Waals surface area contributed by atoms with Crippen LogP contribution < -0.4 is 5.73 Å². The smallest absolute Gasteiger partial charge is 0.179 e. The lowest BCUT2D eigenvalue weighted by Crippen LogP contribution is -1.96. The molecular formula is C9H11BrN4. The predicted octanol–water partition coefficient (Wildman–Crippen LogP) is 2.20. The minimum Gasteiger partial charge on any atom is -0.393 e. The topological polar surface area (TPSA) is 56.2 Å². The SMILES string of the molecule is CC(C)c1cnc2c(N)c(Br)nn2c1. The van der Waals surface area contributed by atoms with Crippen LogP contribution in [0.1, 0.15) is 25.3 Å². The molecule has 0 aliphatic heterocycles. The van der Waals surface area contributed by atoms with E-state index in [1.807, 2.05) is 12.4 Å². The van der Waals surface area contributed by atoms with Crippen LogP contribution in [0.5, 0.6) is 0 Å². The van der Waals surface area contributed by atoms with Crippen molar-refractivity contribution in [2.45, 2.75) is 19.8 Å². The standard InChI is InChI=1S/C9H11BrN4/c1-5(2)6-3-12-9-7(11)8(10)13-14(9)4-6/h3-5H,11H2,1-2H3. The lowest BCUT2D eigenvalue weighted by Gasteiger charge is -2.03. The Kier molecular flexibility index (Phi) is 2.19. The number of rotatable bonds is 1. The van der Waals surface area contributed by atoms with E-state index in [0.717, 1.165) is 5.56 Å². The molecule has 2 aromatic heterocycles. The number of nitrogen functional groups attached to an aromatic ring is 1. The van der Waals surface area contributed by atoms with Crippen molar-refractivity contribution in [3.05, 3.63) is 22.6 Å². The number of aromatic nitrogens is 3. The van der Waals surface area contributed by atoms with Gasteiger partial charge in [0.05, 0.1) is 0 Å². The van der Waals surface area contributed by atoms with Crippen LogP contribution in [0, 0.1) is 0 Å². The number of fused-ring (bicyclic) bond motifs is 1. The summed E-state index contributed by atoms with van der Waals surface area (Å²) in [6.07, 6.45) is 3.79. The Morgan fingerprint density at radius 2 is 2.21 bits per heavy atom. The van der Waals surface area contributed by atoms with Crippen molar-refractivity contribution >= 4 is 27.3 Å². The summed E-state index contributed by atoms with van der Waals surface area (Å²) in [7, 11) is 0. The molecule has 2 rings (SSSR count). The van der Waals surface area contributed by atoms with Crippen LogP contribution >= 0.6 is 15.9 Å². The molecule has 2 N–H and O–H groups in total. The first kappa shape index (κ1) is 9.45. The molecule has 0 aliphatic carbocycles. The summed E-state index contributed by atoms with van der Waals surface area (Å²) >= 11 is 3.27. The highest BCUT2D eigenvalue weighted by atomic mass is 79.9. The normalized spacial score (nSPS) is 11.4. The Hall–Kier alpha value is -1.10. The third-order valence-electron chi connectivity index (χ3n) is 2.15. The summed E-state index contributed by atoms with van der Waals surface area (Å²) in [6, 6.07) is 0. The summed E-state index contributed by atoms with van der Waals surface area (Å²) in [6.45, 7) is 4.23. The zero-order chi connectivity index (χ0) is 10.3. The van der Waals surface area contributed by atoms with Crippen LogP contribution in [0.25, 0.3) is 5.65 Å². The number of halogens is 1. The van der Waals surface area contributed by atoms with Gasteiger partial charge in [0.15, 0.2) is 10.3 Å². The van der Waals surface area contributed by atoms with Crippen LogP contribution in [0.2, 0.25) is 0 Å². The average Bonchev–Trinajstić information content (AvgIpc) is 2.42. The van der Waals surface area contributed by atoms with Gasteiger partial charge in [-0.2, -0.15) is 5.10 Å². The summed E-state index contributed by atoms with van der Waals surface area (Å²) in [5, 5.41) is 4.20. The molecule has 2 heterocycles. The van der Waals surface area contributed by atoms with Gasteiger partial charge in [0, 0.05) is 12.4 Å². The van der Waals surface area contributed by atoms with E-state index in [1.54, 1.807) is 4.52 Å². The molecule has 0 unspecified atom stereocenters. The van der Waals surface area contributed by atoms with Gasteiger partial charge in [-0.15, -0.1) is 0 Å². The van der Waals surface area contributed by atoms with Crippen molar-refractivity contribution in [3.63, 3.8) is 0 Å². The van der Waals surface area contributed by atoms with E-state index in [4.69, 9.17) is 5.73 Å². The largest absolute Gasteiger partial charge is 0.393 e. The van der Waals surface area contributed by atoms with Gasteiger partial charge in [0.2, 0.25) is 0 Å².